The highest BCUT2D eigenvalue weighted by molar-refractivity contribution is 5.94. The molecule has 0 spiro atoms. The van der Waals surface area contributed by atoms with Crippen molar-refractivity contribution in [2.45, 2.75) is 19.4 Å². The zero-order valence-electron chi connectivity index (χ0n) is 12.0. The van der Waals surface area contributed by atoms with Gasteiger partial charge in [-0.05, 0) is 30.5 Å². The quantitative estimate of drug-likeness (QED) is 0.880. The summed E-state index contributed by atoms with van der Waals surface area (Å²) >= 11 is 0. The molecule has 3 rings (SSSR count). The molecule has 1 aromatic heterocycles. The Balaban J connectivity index is 1.58. The summed E-state index contributed by atoms with van der Waals surface area (Å²) in [4.78, 5) is 31.4. The fourth-order valence-electron chi connectivity index (χ4n) is 2.04. The molecule has 2 aromatic rings. The Labute approximate surface area is 128 Å². The van der Waals surface area contributed by atoms with Gasteiger partial charge in [0.2, 0.25) is 5.91 Å². The third-order valence-electron chi connectivity index (χ3n) is 3.39. The lowest BCUT2D eigenvalue weighted by molar-refractivity contribution is -0.117. The highest BCUT2D eigenvalue weighted by Gasteiger charge is 2.29. The van der Waals surface area contributed by atoms with Gasteiger partial charge in [0.05, 0.1) is 6.20 Å². The fourth-order valence-corrected chi connectivity index (χ4v) is 2.04. The monoisotopic (exact) mass is 296 g/mol. The number of hydrogen-bond acceptors (Lipinski definition) is 4. The first kappa shape index (κ1) is 14.2. The van der Waals surface area contributed by atoms with E-state index in [0.717, 1.165) is 24.1 Å². The van der Waals surface area contributed by atoms with Gasteiger partial charge < -0.3 is 10.6 Å². The van der Waals surface area contributed by atoms with Gasteiger partial charge in [-0.15, -0.1) is 0 Å². The van der Waals surface area contributed by atoms with Gasteiger partial charge in [0.15, 0.2) is 0 Å². The Morgan fingerprint density at radius 3 is 2.82 bits per heavy atom. The lowest BCUT2D eigenvalue weighted by atomic mass is 10.2. The summed E-state index contributed by atoms with van der Waals surface area (Å²) in [5, 5.41) is 5.67. The van der Waals surface area contributed by atoms with Gasteiger partial charge in [-0.2, -0.15) is 0 Å². The van der Waals surface area contributed by atoms with Crippen LogP contribution in [-0.4, -0.2) is 21.8 Å². The number of amides is 2. The predicted molar refractivity (Wildman–Crippen MR) is 81.0 cm³/mol. The number of hydrogen-bond donors (Lipinski definition) is 2. The Morgan fingerprint density at radius 1 is 1.23 bits per heavy atom. The zero-order valence-corrected chi connectivity index (χ0v) is 12.0. The van der Waals surface area contributed by atoms with Gasteiger partial charge in [-0.25, -0.2) is 4.98 Å². The third-order valence-corrected chi connectivity index (χ3v) is 3.39. The first-order chi connectivity index (χ1) is 10.7. The molecule has 1 fully saturated rings. The minimum absolute atomic E-state index is 0.0701. The normalized spacial score (nSPS) is 13.5. The molecule has 0 radical (unpaired) electrons. The molecule has 1 aromatic carbocycles. The molecule has 0 bridgehead atoms. The number of aromatic nitrogens is 2. The van der Waals surface area contributed by atoms with E-state index in [2.05, 4.69) is 20.6 Å². The minimum atomic E-state index is -0.277. The second-order valence-electron chi connectivity index (χ2n) is 5.24. The molecule has 6 nitrogen and oxygen atoms in total. The molecular weight excluding hydrogens is 280 g/mol. The van der Waals surface area contributed by atoms with Crippen molar-refractivity contribution in [2.24, 2.45) is 5.92 Å². The molecule has 0 unspecified atom stereocenters. The van der Waals surface area contributed by atoms with E-state index in [1.807, 2.05) is 24.3 Å². The molecule has 1 aliphatic rings. The summed E-state index contributed by atoms with van der Waals surface area (Å²) in [6.07, 6.45) is 6.35. The van der Waals surface area contributed by atoms with Crippen LogP contribution in [0.15, 0.2) is 42.9 Å². The number of carbonyl (C=O) groups excluding carboxylic acids is 2. The zero-order chi connectivity index (χ0) is 15.4. The van der Waals surface area contributed by atoms with Crippen LogP contribution in [0.2, 0.25) is 0 Å². The van der Waals surface area contributed by atoms with Crippen molar-refractivity contribution in [3.05, 3.63) is 54.1 Å². The third kappa shape index (κ3) is 3.66. The minimum Gasteiger partial charge on any atom is -0.347 e. The van der Waals surface area contributed by atoms with Crippen LogP contribution in [0.25, 0.3) is 0 Å². The first-order valence-electron chi connectivity index (χ1n) is 7.16. The standard InChI is InChI=1S/C16H16N4O2/c21-15(12-4-5-12)20-13-3-1-2-11(8-13)9-19-16(22)14-10-17-6-7-18-14/h1-3,6-8,10,12H,4-5,9H2,(H,19,22)(H,20,21). The van der Waals surface area contributed by atoms with Gasteiger partial charge in [0.1, 0.15) is 5.69 Å². The summed E-state index contributed by atoms with van der Waals surface area (Å²) in [5.41, 5.74) is 1.94. The lowest BCUT2D eigenvalue weighted by Crippen LogP contribution is -2.24. The van der Waals surface area contributed by atoms with Crippen molar-refractivity contribution in [1.29, 1.82) is 0 Å². The number of anilines is 1. The van der Waals surface area contributed by atoms with Crippen LogP contribution in [0, 0.1) is 5.92 Å². The topological polar surface area (TPSA) is 84.0 Å². The summed E-state index contributed by atoms with van der Waals surface area (Å²) < 4.78 is 0. The van der Waals surface area contributed by atoms with Gasteiger partial charge >= 0.3 is 0 Å². The van der Waals surface area contributed by atoms with Crippen LogP contribution in [0.5, 0.6) is 0 Å². The molecule has 1 heterocycles. The smallest absolute Gasteiger partial charge is 0.271 e. The maximum atomic E-state index is 11.9. The molecule has 2 N–H and O–H groups in total. The van der Waals surface area contributed by atoms with E-state index in [1.54, 1.807) is 0 Å². The largest absolute Gasteiger partial charge is 0.347 e. The van der Waals surface area contributed by atoms with E-state index >= 15 is 0 Å². The maximum Gasteiger partial charge on any atom is 0.271 e. The van der Waals surface area contributed by atoms with Crippen LogP contribution in [0.3, 0.4) is 0 Å². The maximum absolute atomic E-state index is 11.9. The van der Waals surface area contributed by atoms with E-state index in [-0.39, 0.29) is 23.4 Å². The Bertz CT molecular complexity index is 684. The molecule has 112 valence electrons. The van der Waals surface area contributed by atoms with E-state index in [4.69, 9.17) is 0 Å². The van der Waals surface area contributed by atoms with Crippen LogP contribution < -0.4 is 10.6 Å². The number of nitrogens with zero attached hydrogens (tertiary/aromatic N) is 2. The van der Waals surface area contributed by atoms with Crippen molar-refractivity contribution < 1.29 is 9.59 Å². The molecule has 0 aliphatic heterocycles. The van der Waals surface area contributed by atoms with Crippen LogP contribution in [-0.2, 0) is 11.3 Å². The average molecular weight is 296 g/mol. The van der Waals surface area contributed by atoms with Crippen LogP contribution in [0.1, 0.15) is 28.9 Å². The average Bonchev–Trinajstić information content (AvgIpc) is 3.39. The summed E-state index contributed by atoms with van der Waals surface area (Å²) in [6, 6.07) is 7.45. The van der Waals surface area contributed by atoms with Crippen molar-refractivity contribution in [1.82, 2.24) is 15.3 Å². The Kier molecular flexibility index (Phi) is 4.09. The number of rotatable bonds is 5. The summed E-state index contributed by atoms with van der Waals surface area (Å²) in [6.45, 7) is 0.364. The molecule has 0 atom stereocenters. The second-order valence-corrected chi connectivity index (χ2v) is 5.24. The molecule has 1 aliphatic carbocycles. The predicted octanol–water partition coefficient (Wildman–Crippen LogP) is 1.76. The number of carbonyl (C=O) groups is 2. The first-order valence-corrected chi connectivity index (χ1v) is 7.16. The Morgan fingerprint density at radius 2 is 2.09 bits per heavy atom. The van der Waals surface area contributed by atoms with Crippen molar-refractivity contribution in [2.75, 3.05) is 5.32 Å². The lowest BCUT2D eigenvalue weighted by Gasteiger charge is -2.08. The summed E-state index contributed by atoms with van der Waals surface area (Å²) in [7, 11) is 0. The van der Waals surface area contributed by atoms with Gasteiger partial charge in [0, 0.05) is 30.5 Å². The molecular formula is C16H16N4O2. The van der Waals surface area contributed by atoms with Crippen molar-refractivity contribution >= 4 is 17.5 Å². The number of benzene rings is 1. The summed E-state index contributed by atoms with van der Waals surface area (Å²) in [5.74, 6) is -0.0405. The highest BCUT2D eigenvalue weighted by Crippen LogP contribution is 2.30. The van der Waals surface area contributed by atoms with Crippen LogP contribution in [0.4, 0.5) is 5.69 Å². The van der Waals surface area contributed by atoms with E-state index in [9.17, 15) is 9.59 Å². The van der Waals surface area contributed by atoms with E-state index in [0.29, 0.717) is 6.54 Å². The Hall–Kier alpha value is -2.76. The number of nitrogens with one attached hydrogen (secondary N) is 2. The molecule has 2 amide bonds. The van der Waals surface area contributed by atoms with E-state index in [1.165, 1.54) is 18.6 Å². The van der Waals surface area contributed by atoms with Crippen molar-refractivity contribution in [3.8, 4) is 0 Å². The van der Waals surface area contributed by atoms with E-state index < -0.39 is 0 Å². The fraction of sp³-hybridized carbons (Fsp3) is 0.250. The van der Waals surface area contributed by atoms with Gasteiger partial charge in [0.25, 0.3) is 5.91 Å². The van der Waals surface area contributed by atoms with Gasteiger partial charge in [-0.3, -0.25) is 14.6 Å². The van der Waals surface area contributed by atoms with Crippen LogP contribution >= 0.6 is 0 Å². The molecule has 22 heavy (non-hydrogen) atoms. The molecule has 1 saturated carbocycles. The molecule has 6 heteroatoms. The van der Waals surface area contributed by atoms with Gasteiger partial charge in [-0.1, -0.05) is 12.1 Å². The second kappa shape index (κ2) is 6.34. The SMILES string of the molecule is O=C(NCc1cccc(NC(=O)C2CC2)c1)c1cnccn1. The highest BCUT2D eigenvalue weighted by atomic mass is 16.2. The molecule has 0 saturated heterocycles. The van der Waals surface area contributed by atoms with Crippen molar-refractivity contribution in [3.63, 3.8) is 0 Å².